The van der Waals surface area contributed by atoms with Gasteiger partial charge in [-0.05, 0) is 38.1 Å². The van der Waals surface area contributed by atoms with E-state index in [-0.39, 0.29) is 5.91 Å². The van der Waals surface area contributed by atoms with Crippen molar-refractivity contribution in [2.24, 2.45) is 0 Å². The predicted octanol–water partition coefficient (Wildman–Crippen LogP) is 2.57. The Morgan fingerprint density at radius 3 is 2.86 bits per heavy atom. The minimum Gasteiger partial charge on any atom is -0.494 e. The van der Waals surface area contributed by atoms with Gasteiger partial charge in [-0.3, -0.25) is 9.48 Å². The highest BCUT2D eigenvalue weighted by molar-refractivity contribution is 5.94. The number of amides is 1. The molecule has 1 aromatic carbocycles. The summed E-state index contributed by atoms with van der Waals surface area (Å²) in [5.74, 6) is 0.691. The number of aromatic nitrogens is 2. The molecule has 0 unspecified atom stereocenters. The summed E-state index contributed by atoms with van der Waals surface area (Å²) in [7, 11) is 1.79. The van der Waals surface area contributed by atoms with E-state index in [1.807, 2.05) is 36.7 Å². The van der Waals surface area contributed by atoms with Crippen LogP contribution in [-0.4, -0.2) is 34.2 Å². The van der Waals surface area contributed by atoms with E-state index in [0.717, 1.165) is 18.0 Å². The van der Waals surface area contributed by atoms with Crippen molar-refractivity contribution in [3.8, 4) is 5.75 Å². The summed E-state index contributed by atoms with van der Waals surface area (Å²) in [6.45, 7) is 5.87. The minimum atomic E-state index is -0.0274. The second kappa shape index (κ2) is 6.92. The Hall–Kier alpha value is -2.30. The quantitative estimate of drug-likeness (QED) is 0.820. The summed E-state index contributed by atoms with van der Waals surface area (Å²) >= 11 is 0. The number of rotatable bonds is 6. The highest BCUT2D eigenvalue weighted by Crippen LogP contribution is 2.15. The molecule has 0 aliphatic carbocycles. The molecule has 112 valence electrons. The lowest BCUT2D eigenvalue weighted by Gasteiger charge is -2.18. The summed E-state index contributed by atoms with van der Waals surface area (Å²) < 4.78 is 7.32. The average Bonchev–Trinajstić information content (AvgIpc) is 2.94. The molecule has 0 radical (unpaired) electrons. The van der Waals surface area contributed by atoms with Gasteiger partial charge in [-0.1, -0.05) is 6.07 Å². The third-order valence-corrected chi connectivity index (χ3v) is 3.24. The van der Waals surface area contributed by atoms with Gasteiger partial charge in [0, 0.05) is 25.4 Å². The number of hydrogen-bond acceptors (Lipinski definition) is 3. The topological polar surface area (TPSA) is 47.4 Å². The number of benzene rings is 1. The molecule has 0 spiro atoms. The second-order valence-electron chi connectivity index (χ2n) is 4.76. The zero-order chi connectivity index (χ0) is 15.2. The maximum atomic E-state index is 12.5. The van der Waals surface area contributed by atoms with Gasteiger partial charge in [-0.2, -0.15) is 5.10 Å². The van der Waals surface area contributed by atoms with E-state index < -0.39 is 0 Å². The normalized spacial score (nSPS) is 10.4. The lowest BCUT2D eigenvalue weighted by molar-refractivity contribution is 0.0781. The molecule has 0 fully saturated rings. The summed E-state index contributed by atoms with van der Waals surface area (Å²) in [5.41, 5.74) is 1.65. The monoisotopic (exact) mass is 287 g/mol. The van der Waals surface area contributed by atoms with E-state index in [2.05, 4.69) is 5.10 Å². The van der Waals surface area contributed by atoms with Crippen LogP contribution in [0, 0.1) is 0 Å². The van der Waals surface area contributed by atoms with Crippen molar-refractivity contribution in [1.29, 1.82) is 0 Å². The van der Waals surface area contributed by atoms with Crippen molar-refractivity contribution >= 4 is 5.91 Å². The molecular weight excluding hydrogens is 266 g/mol. The number of ether oxygens (including phenoxy) is 1. The fourth-order valence-electron chi connectivity index (χ4n) is 2.20. The molecule has 5 heteroatoms. The highest BCUT2D eigenvalue weighted by atomic mass is 16.5. The van der Waals surface area contributed by atoms with Crippen LogP contribution in [0.2, 0.25) is 0 Å². The van der Waals surface area contributed by atoms with Crippen LogP contribution in [0.4, 0.5) is 0 Å². The van der Waals surface area contributed by atoms with Gasteiger partial charge in [0.1, 0.15) is 5.75 Å². The summed E-state index contributed by atoms with van der Waals surface area (Å²) in [4.78, 5) is 14.2. The Labute approximate surface area is 125 Å². The zero-order valence-corrected chi connectivity index (χ0v) is 12.7. The SMILES string of the molecule is CCOc1cccc(C(=O)N(C)Cc2ccnn2CC)c1. The first kappa shape index (κ1) is 15.1. The molecule has 5 nitrogen and oxygen atoms in total. The van der Waals surface area contributed by atoms with Crippen LogP contribution in [-0.2, 0) is 13.1 Å². The molecular formula is C16H21N3O2. The van der Waals surface area contributed by atoms with Gasteiger partial charge >= 0.3 is 0 Å². The average molecular weight is 287 g/mol. The van der Waals surface area contributed by atoms with Crippen LogP contribution in [0.3, 0.4) is 0 Å². The van der Waals surface area contributed by atoms with Crippen molar-refractivity contribution < 1.29 is 9.53 Å². The Balaban J connectivity index is 2.10. The van der Waals surface area contributed by atoms with Gasteiger partial charge in [0.25, 0.3) is 5.91 Å². The molecule has 0 aliphatic rings. The van der Waals surface area contributed by atoms with Crippen molar-refractivity contribution in [2.45, 2.75) is 26.9 Å². The van der Waals surface area contributed by atoms with E-state index in [0.29, 0.717) is 18.7 Å². The van der Waals surface area contributed by atoms with Crippen LogP contribution < -0.4 is 4.74 Å². The van der Waals surface area contributed by atoms with Gasteiger partial charge in [0.2, 0.25) is 0 Å². The van der Waals surface area contributed by atoms with Crippen LogP contribution in [0.15, 0.2) is 36.5 Å². The number of carbonyl (C=O) groups is 1. The van der Waals surface area contributed by atoms with Crippen LogP contribution >= 0.6 is 0 Å². The molecule has 0 N–H and O–H groups in total. The van der Waals surface area contributed by atoms with Crippen molar-refractivity contribution in [1.82, 2.24) is 14.7 Å². The minimum absolute atomic E-state index is 0.0274. The molecule has 21 heavy (non-hydrogen) atoms. The van der Waals surface area contributed by atoms with Gasteiger partial charge < -0.3 is 9.64 Å². The van der Waals surface area contributed by atoms with Gasteiger partial charge in [-0.15, -0.1) is 0 Å². The maximum absolute atomic E-state index is 12.5. The Kier molecular flexibility index (Phi) is 4.98. The largest absolute Gasteiger partial charge is 0.494 e. The van der Waals surface area contributed by atoms with Gasteiger partial charge in [-0.25, -0.2) is 0 Å². The molecule has 1 amide bonds. The fraction of sp³-hybridized carbons (Fsp3) is 0.375. The third kappa shape index (κ3) is 3.62. The van der Waals surface area contributed by atoms with E-state index in [4.69, 9.17) is 4.74 Å². The van der Waals surface area contributed by atoms with Crippen molar-refractivity contribution in [2.75, 3.05) is 13.7 Å². The summed E-state index contributed by atoms with van der Waals surface area (Å²) in [6, 6.07) is 9.20. The lowest BCUT2D eigenvalue weighted by Crippen LogP contribution is -2.27. The third-order valence-electron chi connectivity index (χ3n) is 3.24. The predicted molar refractivity (Wildman–Crippen MR) is 81.3 cm³/mol. The van der Waals surface area contributed by atoms with E-state index in [1.54, 1.807) is 30.3 Å². The molecule has 0 bridgehead atoms. The van der Waals surface area contributed by atoms with Crippen LogP contribution in [0.1, 0.15) is 29.9 Å². The Morgan fingerprint density at radius 2 is 2.14 bits per heavy atom. The van der Waals surface area contributed by atoms with Crippen molar-refractivity contribution in [3.05, 3.63) is 47.8 Å². The number of hydrogen-bond donors (Lipinski definition) is 0. The van der Waals surface area contributed by atoms with E-state index in [9.17, 15) is 4.79 Å². The first-order valence-electron chi connectivity index (χ1n) is 7.14. The molecule has 0 saturated heterocycles. The smallest absolute Gasteiger partial charge is 0.254 e. The fourth-order valence-corrected chi connectivity index (χ4v) is 2.20. The van der Waals surface area contributed by atoms with Crippen LogP contribution in [0.5, 0.6) is 5.75 Å². The van der Waals surface area contributed by atoms with E-state index >= 15 is 0 Å². The van der Waals surface area contributed by atoms with Gasteiger partial charge in [0.15, 0.2) is 0 Å². The van der Waals surface area contributed by atoms with Crippen molar-refractivity contribution in [3.63, 3.8) is 0 Å². The Bertz CT molecular complexity index is 607. The second-order valence-corrected chi connectivity index (χ2v) is 4.76. The lowest BCUT2D eigenvalue weighted by atomic mass is 10.2. The molecule has 0 atom stereocenters. The Morgan fingerprint density at radius 1 is 1.33 bits per heavy atom. The molecule has 0 aliphatic heterocycles. The number of carbonyl (C=O) groups excluding carboxylic acids is 1. The molecule has 1 heterocycles. The van der Waals surface area contributed by atoms with Crippen LogP contribution in [0.25, 0.3) is 0 Å². The summed E-state index contributed by atoms with van der Waals surface area (Å²) in [6.07, 6.45) is 1.76. The summed E-state index contributed by atoms with van der Waals surface area (Å²) in [5, 5.41) is 4.22. The molecule has 2 rings (SSSR count). The number of nitrogens with zero attached hydrogens (tertiary/aromatic N) is 3. The van der Waals surface area contributed by atoms with Gasteiger partial charge in [0.05, 0.1) is 18.8 Å². The zero-order valence-electron chi connectivity index (χ0n) is 12.7. The maximum Gasteiger partial charge on any atom is 0.254 e. The number of aryl methyl sites for hydroxylation is 1. The first-order chi connectivity index (χ1) is 10.2. The van der Waals surface area contributed by atoms with E-state index in [1.165, 1.54) is 0 Å². The molecule has 2 aromatic rings. The highest BCUT2D eigenvalue weighted by Gasteiger charge is 2.14. The molecule has 1 aromatic heterocycles. The first-order valence-corrected chi connectivity index (χ1v) is 7.14. The molecule has 0 saturated carbocycles. The standard InChI is InChI=1S/C16H21N3O2/c1-4-19-14(9-10-17-19)12-18(3)16(20)13-7-6-8-15(11-13)21-5-2/h6-11H,4-5,12H2,1-3H3.